The zero-order chi connectivity index (χ0) is 19.1. The maximum Gasteiger partial charge on any atom is 0.317 e. The number of nitrogens with one attached hydrogen (secondary N) is 2. The predicted molar refractivity (Wildman–Crippen MR) is 105 cm³/mol. The lowest BCUT2D eigenvalue weighted by Crippen LogP contribution is -2.38. The molecule has 0 aliphatic heterocycles. The smallest absolute Gasteiger partial charge is 0.317 e. The Morgan fingerprint density at radius 3 is 2.15 bits per heavy atom. The molecule has 0 heterocycles. The van der Waals surface area contributed by atoms with Crippen molar-refractivity contribution in [3.63, 3.8) is 0 Å². The highest BCUT2D eigenvalue weighted by atomic mass is 16.2. The van der Waals surface area contributed by atoms with Gasteiger partial charge in [0, 0.05) is 25.2 Å². The monoisotopic (exact) mass is 353 g/mol. The SMILES string of the molecule is CC(C)C(=O)Nc1ccc(CNC(=O)N(C)C(C)c2ccccc2)cc1. The number of amides is 3. The second-order valence-electron chi connectivity index (χ2n) is 6.70. The summed E-state index contributed by atoms with van der Waals surface area (Å²) >= 11 is 0. The van der Waals surface area contributed by atoms with E-state index in [1.54, 1.807) is 11.9 Å². The third kappa shape index (κ3) is 5.34. The van der Waals surface area contributed by atoms with E-state index in [2.05, 4.69) is 10.6 Å². The van der Waals surface area contributed by atoms with Crippen molar-refractivity contribution in [1.29, 1.82) is 0 Å². The second-order valence-corrected chi connectivity index (χ2v) is 6.70. The van der Waals surface area contributed by atoms with E-state index in [0.717, 1.165) is 16.8 Å². The van der Waals surface area contributed by atoms with Gasteiger partial charge in [0.2, 0.25) is 5.91 Å². The van der Waals surface area contributed by atoms with Crippen molar-refractivity contribution in [2.24, 2.45) is 5.92 Å². The molecule has 0 bridgehead atoms. The highest BCUT2D eigenvalue weighted by Gasteiger charge is 2.16. The van der Waals surface area contributed by atoms with Crippen molar-refractivity contribution in [2.75, 3.05) is 12.4 Å². The highest BCUT2D eigenvalue weighted by molar-refractivity contribution is 5.92. The second kappa shape index (κ2) is 9.04. The van der Waals surface area contributed by atoms with E-state index >= 15 is 0 Å². The summed E-state index contributed by atoms with van der Waals surface area (Å²) in [5, 5.41) is 5.78. The van der Waals surface area contributed by atoms with Crippen LogP contribution in [0.3, 0.4) is 0 Å². The Morgan fingerprint density at radius 1 is 0.962 bits per heavy atom. The molecule has 26 heavy (non-hydrogen) atoms. The van der Waals surface area contributed by atoms with Gasteiger partial charge < -0.3 is 15.5 Å². The lowest BCUT2D eigenvalue weighted by molar-refractivity contribution is -0.118. The highest BCUT2D eigenvalue weighted by Crippen LogP contribution is 2.18. The molecule has 3 amide bonds. The summed E-state index contributed by atoms with van der Waals surface area (Å²) in [6.07, 6.45) is 0. The third-order valence-corrected chi connectivity index (χ3v) is 4.37. The number of carbonyl (C=O) groups is 2. The van der Waals surface area contributed by atoms with Crippen LogP contribution < -0.4 is 10.6 Å². The van der Waals surface area contributed by atoms with Crippen molar-refractivity contribution >= 4 is 17.6 Å². The zero-order valence-corrected chi connectivity index (χ0v) is 15.8. The van der Waals surface area contributed by atoms with Crippen molar-refractivity contribution in [1.82, 2.24) is 10.2 Å². The van der Waals surface area contributed by atoms with E-state index in [4.69, 9.17) is 0 Å². The molecule has 1 atom stereocenters. The number of hydrogen-bond donors (Lipinski definition) is 2. The quantitative estimate of drug-likeness (QED) is 0.818. The topological polar surface area (TPSA) is 61.4 Å². The number of carbonyl (C=O) groups excluding carboxylic acids is 2. The van der Waals surface area contributed by atoms with Gasteiger partial charge in [0.25, 0.3) is 0 Å². The molecule has 2 rings (SSSR count). The first-order chi connectivity index (χ1) is 12.4. The molecule has 0 radical (unpaired) electrons. The summed E-state index contributed by atoms with van der Waals surface area (Å²) < 4.78 is 0. The summed E-state index contributed by atoms with van der Waals surface area (Å²) in [5.41, 5.74) is 2.82. The van der Waals surface area contributed by atoms with Crippen LogP contribution in [-0.4, -0.2) is 23.9 Å². The van der Waals surface area contributed by atoms with Crippen LogP contribution in [0, 0.1) is 5.92 Å². The first kappa shape index (κ1) is 19.5. The van der Waals surface area contributed by atoms with E-state index in [1.807, 2.05) is 75.4 Å². The lowest BCUT2D eigenvalue weighted by Gasteiger charge is -2.25. The molecule has 0 spiro atoms. The Labute approximate surface area is 155 Å². The summed E-state index contributed by atoms with van der Waals surface area (Å²) in [7, 11) is 1.79. The molecular formula is C21H27N3O2. The molecule has 2 aromatic carbocycles. The standard InChI is InChI=1S/C21H27N3O2/c1-15(2)20(25)23-19-12-10-17(11-13-19)14-22-21(26)24(4)16(3)18-8-6-5-7-9-18/h5-13,15-16H,14H2,1-4H3,(H,22,26)(H,23,25). The molecule has 5 nitrogen and oxygen atoms in total. The fourth-order valence-electron chi connectivity index (χ4n) is 2.43. The molecule has 0 aromatic heterocycles. The summed E-state index contributed by atoms with van der Waals surface area (Å²) in [6, 6.07) is 17.3. The Kier molecular flexibility index (Phi) is 6.78. The van der Waals surface area contributed by atoms with E-state index in [-0.39, 0.29) is 23.9 Å². The molecule has 0 aliphatic rings. The van der Waals surface area contributed by atoms with Crippen LogP contribution in [-0.2, 0) is 11.3 Å². The fourth-order valence-corrected chi connectivity index (χ4v) is 2.43. The Hall–Kier alpha value is -2.82. The van der Waals surface area contributed by atoms with Gasteiger partial charge in [0.05, 0.1) is 6.04 Å². The number of anilines is 1. The average Bonchev–Trinajstić information content (AvgIpc) is 2.66. The molecular weight excluding hydrogens is 326 g/mol. The van der Waals surface area contributed by atoms with Gasteiger partial charge in [-0.3, -0.25) is 4.79 Å². The number of rotatable bonds is 6. The number of hydrogen-bond acceptors (Lipinski definition) is 2. The van der Waals surface area contributed by atoms with Crippen LogP contribution in [0.15, 0.2) is 54.6 Å². The minimum absolute atomic E-state index is 0.00942. The average molecular weight is 353 g/mol. The van der Waals surface area contributed by atoms with Gasteiger partial charge in [-0.05, 0) is 30.2 Å². The van der Waals surface area contributed by atoms with Crippen molar-refractivity contribution in [2.45, 2.75) is 33.4 Å². The van der Waals surface area contributed by atoms with Crippen LogP contribution in [0.5, 0.6) is 0 Å². The van der Waals surface area contributed by atoms with E-state index in [9.17, 15) is 9.59 Å². The van der Waals surface area contributed by atoms with Crippen LogP contribution in [0.25, 0.3) is 0 Å². The maximum absolute atomic E-state index is 12.4. The predicted octanol–water partition coefficient (Wildman–Crippen LogP) is 4.18. The molecule has 5 heteroatoms. The van der Waals surface area contributed by atoms with E-state index in [1.165, 1.54) is 0 Å². The molecule has 0 saturated heterocycles. The number of urea groups is 1. The molecule has 1 unspecified atom stereocenters. The van der Waals surface area contributed by atoms with Crippen molar-refractivity contribution in [3.05, 3.63) is 65.7 Å². The van der Waals surface area contributed by atoms with Gasteiger partial charge >= 0.3 is 6.03 Å². The van der Waals surface area contributed by atoms with E-state index < -0.39 is 0 Å². The fraction of sp³-hybridized carbons (Fsp3) is 0.333. The van der Waals surface area contributed by atoms with E-state index in [0.29, 0.717) is 6.54 Å². The molecule has 2 N–H and O–H groups in total. The molecule has 138 valence electrons. The Balaban J connectivity index is 1.87. The van der Waals surface area contributed by atoms with Gasteiger partial charge in [-0.15, -0.1) is 0 Å². The molecule has 0 saturated carbocycles. The van der Waals surface area contributed by atoms with Crippen LogP contribution in [0.2, 0.25) is 0 Å². The van der Waals surface area contributed by atoms with Gasteiger partial charge in [0.15, 0.2) is 0 Å². The minimum Gasteiger partial charge on any atom is -0.334 e. The summed E-state index contributed by atoms with van der Waals surface area (Å²) in [5.74, 6) is -0.0707. The van der Waals surface area contributed by atoms with Gasteiger partial charge in [-0.25, -0.2) is 4.79 Å². The van der Waals surface area contributed by atoms with Gasteiger partial charge in [0.1, 0.15) is 0 Å². The van der Waals surface area contributed by atoms with Crippen LogP contribution in [0.4, 0.5) is 10.5 Å². The van der Waals surface area contributed by atoms with Crippen LogP contribution in [0.1, 0.15) is 37.9 Å². The zero-order valence-electron chi connectivity index (χ0n) is 15.8. The van der Waals surface area contributed by atoms with Gasteiger partial charge in [-0.1, -0.05) is 56.3 Å². The van der Waals surface area contributed by atoms with Gasteiger partial charge in [-0.2, -0.15) is 0 Å². The first-order valence-corrected chi connectivity index (χ1v) is 8.84. The Bertz CT molecular complexity index is 727. The molecule has 0 fully saturated rings. The maximum atomic E-state index is 12.4. The van der Waals surface area contributed by atoms with Crippen LogP contribution >= 0.6 is 0 Å². The minimum atomic E-state index is -0.126. The summed E-state index contributed by atoms with van der Waals surface area (Å²) in [6.45, 7) is 6.14. The molecule has 0 aliphatic carbocycles. The normalized spacial score (nSPS) is 11.7. The van der Waals surface area contributed by atoms with Crippen molar-refractivity contribution < 1.29 is 9.59 Å². The number of benzene rings is 2. The Morgan fingerprint density at radius 2 is 1.58 bits per heavy atom. The molecule has 2 aromatic rings. The third-order valence-electron chi connectivity index (χ3n) is 4.37. The van der Waals surface area contributed by atoms with Crippen molar-refractivity contribution in [3.8, 4) is 0 Å². The summed E-state index contributed by atoms with van der Waals surface area (Å²) in [4.78, 5) is 25.8. The number of nitrogens with zero attached hydrogens (tertiary/aromatic N) is 1. The first-order valence-electron chi connectivity index (χ1n) is 8.84. The lowest BCUT2D eigenvalue weighted by atomic mass is 10.1. The largest absolute Gasteiger partial charge is 0.334 e.